The lowest BCUT2D eigenvalue weighted by atomic mass is 10.1. The highest BCUT2D eigenvalue weighted by Crippen LogP contribution is 2.21. The van der Waals surface area contributed by atoms with E-state index in [0.29, 0.717) is 0 Å². The van der Waals surface area contributed by atoms with Gasteiger partial charge in [0.15, 0.2) is 0 Å². The molecule has 0 amide bonds. The molecule has 0 bridgehead atoms. The van der Waals surface area contributed by atoms with Crippen molar-refractivity contribution < 1.29 is 4.48 Å². The first-order valence-electron chi connectivity index (χ1n) is 10.3. The summed E-state index contributed by atoms with van der Waals surface area (Å²) in [7, 11) is 0. The summed E-state index contributed by atoms with van der Waals surface area (Å²) in [5.74, 6) is 0. The van der Waals surface area contributed by atoms with Gasteiger partial charge in [-0.05, 0) is 37.8 Å². The highest BCUT2D eigenvalue weighted by molar-refractivity contribution is 7.16. The minimum atomic E-state index is 0.819. The first-order chi connectivity index (χ1) is 12.1. The second-order valence-corrected chi connectivity index (χ2v) is 8.74. The van der Waals surface area contributed by atoms with Crippen LogP contribution in [-0.4, -0.2) is 30.7 Å². The topological polar surface area (TPSA) is 0 Å². The van der Waals surface area contributed by atoms with Gasteiger partial charge in [-0.3, -0.25) is 0 Å². The Kier molecular flexibility index (Phi) is 15.7. The van der Waals surface area contributed by atoms with E-state index in [0.717, 1.165) is 9.21 Å². The lowest BCUT2D eigenvalue weighted by Gasteiger charge is -2.39. The number of halogens is 1. The Morgan fingerprint density at radius 3 is 1.44 bits per heavy atom. The summed E-state index contributed by atoms with van der Waals surface area (Å²) in [6.07, 6.45) is 12.8. The van der Waals surface area contributed by atoms with Gasteiger partial charge in [0.1, 0.15) is 0 Å². The number of unbranched alkanes of at least 4 members (excludes halogenated alkanes) is 4. The van der Waals surface area contributed by atoms with Gasteiger partial charge in [-0.15, -0.1) is 11.3 Å². The third-order valence-corrected chi connectivity index (χ3v) is 5.97. The van der Waals surface area contributed by atoms with Crippen molar-refractivity contribution in [3.8, 4) is 0 Å². The largest absolute Gasteiger partial charge is 0.324 e. The maximum atomic E-state index is 5.61. The fourth-order valence-corrected chi connectivity index (χ4v) is 3.99. The summed E-state index contributed by atoms with van der Waals surface area (Å²) < 4.78 is 2.24. The molecular weight excluding hydrogens is 346 g/mol. The molecule has 146 valence electrons. The Bertz CT molecular complexity index is 390. The highest BCUT2D eigenvalue weighted by atomic mass is 35.5. The maximum Gasteiger partial charge on any atom is 0.0934 e. The average molecular weight is 387 g/mol. The molecule has 0 N–H and O–H groups in total. The fourth-order valence-electron chi connectivity index (χ4n) is 3.08. The molecule has 1 rings (SSSR count). The highest BCUT2D eigenvalue weighted by Gasteiger charge is 2.24. The molecule has 0 aliphatic rings. The van der Waals surface area contributed by atoms with E-state index in [9.17, 15) is 0 Å². The third-order valence-electron chi connectivity index (χ3n) is 4.74. The Hall–Kier alpha value is -0.310. The van der Waals surface area contributed by atoms with E-state index in [2.05, 4.69) is 34.3 Å². The maximum absolute atomic E-state index is 5.61. The van der Waals surface area contributed by atoms with Crippen molar-refractivity contribution in [1.82, 2.24) is 0 Å². The minimum Gasteiger partial charge on any atom is -0.324 e. The van der Waals surface area contributed by atoms with Gasteiger partial charge in [0.2, 0.25) is 0 Å². The van der Waals surface area contributed by atoms with Gasteiger partial charge >= 0.3 is 0 Å². The van der Waals surface area contributed by atoms with Crippen molar-refractivity contribution in [2.24, 2.45) is 0 Å². The molecule has 0 unspecified atom stereocenters. The predicted molar refractivity (Wildman–Crippen MR) is 119 cm³/mol. The smallest absolute Gasteiger partial charge is 0.0934 e. The molecule has 0 fully saturated rings. The van der Waals surface area contributed by atoms with Crippen molar-refractivity contribution in [2.75, 3.05) is 26.2 Å². The van der Waals surface area contributed by atoms with E-state index in [1.807, 2.05) is 12.1 Å². The number of nitrogens with zero attached hydrogens (tertiary/aromatic N) is 1. The zero-order valence-corrected chi connectivity index (χ0v) is 18.7. The SMILES string of the molecule is C=Cc1ccc(Cl)s1.CCCC[N+](CCCC)(CCCC)CCCC. The molecule has 0 aliphatic heterocycles. The van der Waals surface area contributed by atoms with E-state index in [4.69, 9.17) is 11.6 Å². The molecule has 1 nitrogen and oxygen atoms in total. The van der Waals surface area contributed by atoms with Crippen molar-refractivity contribution in [1.29, 1.82) is 0 Å². The molecule has 0 spiro atoms. The molecule has 0 saturated heterocycles. The van der Waals surface area contributed by atoms with Crippen LogP contribution < -0.4 is 0 Å². The summed E-state index contributed by atoms with van der Waals surface area (Å²) >= 11 is 7.15. The Morgan fingerprint density at radius 1 is 0.840 bits per heavy atom. The van der Waals surface area contributed by atoms with Crippen molar-refractivity contribution >= 4 is 29.0 Å². The van der Waals surface area contributed by atoms with Crippen LogP contribution in [0.1, 0.15) is 83.9 Å². The lowest BCUT2D eigenvalue weighted by molar-refractivity contribution is -0.929. The van der Waals surface area contributed by atoms with Gasteiger partial charge in [-0.1, -0.05) is 77.6 Å². The molecule has 0 aromatic carbocycles. The van der Waals surface area contributed by atoms with E-state index < -0.39 is 0 Å². The standard InChI is InChI=1S/C16H36N.C6H5ClS/c1-5-9-13-17(14-10-6-2,15-11-7-3)16-12-8-4;1-2-5-3-4-6(7)8-5/h5-16H2,1-4H3;2-4H,1H2/q+1;. The number of quaternary nitrogens is 1. The Labute approximate surface area is 166 Å². The number of rotatable bonds is 13. The van der Waals surface area contributed by atoms with Crippen LogP contribution in [0.25, 0.3) is 6.08 Å². The molecule has 3 heteroatoms. The van der Waals surface area contributed by atoms with Gasteiger partial charge in [-0.2, -0.15) is 0 Å². The summed E-state index contributed by atoms with van der Waals surface area (Å²) in [5.41, 5.74) is 0. The van der Waals surface area contributed by atoms with Gasteiger partial charge < -0.3 is 4.48 Å². The molecule has 0 atom stereocenters. The van der Waals surface area contributed by atoms with Crippen molar-refractivity contribution in [3.05, 3.63) is 27.9 Å². The predicted octanol–water partition coefficient (Wildman–Crippen LogP) is 8.05. The third kappa shape index (κ3) is 11.8. The van der Waals surface area contributed by atoms with E-state index in [1.165, 1.54) is 93.4 Å². The van der Waals surface area contributed by atoms with Gasteiger partial charge in [0.05, 0.1) is 30.5 Å². The van der Waals surface area contributed by atoms with Crippen molar-refractivity contribution in [3.63, 3.8) is 0 Å². The molecule has 0 saturated carbocycles. The Morgan fingerprint density at radius 2 is 1.24 bits per heavy atom. The van der Waals surface area contributed by atoms with E-state index in [1.54, 1.807) is 6.08 Å². The molecule has 0 radical (unpaired) electrons. The summed E-state index contributed by atoms with van der Waals surface area (Å²) in [6, 6.07) is 3.81. The van der Waals surface area contributed by atoms with Crippen molar-refractivity contribution in [2.45, 2.75) is 79.1 Å². The van der Waals surface area contributed by atoms with Gasteiger partial charge in [0, 0.05) is 4.88 Å². The zero-order chi connectivity index (χ0) is 19.0. The van der Waals surface area contributed by atoms with Crippen LogP contribution in [-0.2, 0) is 0 Å². The summed E-state index contributed by atoms with van der Waals surface area (Å²) in [4.78, 5) is 1.12. The van der Waals surface area contributed by atoms with Gasteiger partial charge in [-0.25, -0.2) is 0 Å². The van der Waals surface area contributed by atoms with Crippen LogP contribution in [0.3, 0.4) is 0 Å². The monoisotopic (exact) mass is 386 g/mol. The Balaban J connectivity index is 0.000000593. The summed E-state index contributed by atoms with van der Waals surface area (Å²) in [5, 5.41) is 0. The van der Waals surface area contributed by atoms with Crippen LogP contribution in [0.2, 0.25) is 4.34 Å². The molecular formula is C22H41ClNS+. The molecule has 1 aromatic rings. The van der Waals surface area contributed by atoms with Crippen LogP contribution in [0, 0.1) is 0 Å². The normalized spacial score (nSPS) is 11.1. The van der Waals surface area contributed by atoms with E-state index in [-0.39, 0.29) is 0 Å². The summed E-state index contributed by atoms with van der Waals surface area (Å²) in [6.45, 7) is 18.6. The molecule has 1 aromatic heterocycles. The number of hydrogen-bond donors (Lipinski definition) is 0. The van der Waals surface area contributed by atoms with Crippen LogP contribution in [0.15, 0.2) is 18.7 Å². The van der Waals surface area contributed by atoms with Crippen LogP contribution in [0.4, 0.5) is 0 Å². The first-order valence-corrected chi connectivity index (χ1v) is 11.5. The molecule has 0 aliphatic carbocycles. The quantitative estimate of drug-likeness (QED) is 0.301. The fraction of sp³-hybridized carbons (Fsp3) is 0.727. The average Bonchev–Trinajstić information content (AvgIpc) is 3.06. The minimum absolute atomic E-state index is 0.819. The zero-order valence-electron chi connectivity index (χ0n) is 17.2. The second-order valence-electron chi connectivity index (χ2n) is 7.00. The van der Waals surface area contributed by atoms with Gasteiger partial charge in [0.25, 0.3) is 0 Å². The van der Waals surface area contributed by atoms with Crippen LogP contribution in [0.5, 0.6) is 0 Å². The molecule has 1 heterocycles. The lowest BCUT2D eigenvalue weighted by Crippen LogP contribution is -2.50. The van der Waals surface area contributed by atoms with E-state index >= 15 is 0 Å². The first kappa shape index (κ1) is 24.7. The number of thiophene rings is 1. The van der Waals surface area contributed by atoms with Crippen LogP contribution >= 0.6 is 22.9 Å². The second kappa shape index (κ2) is 15.9. The molecule has 25 heavy (non-hydrogen) atoms. The number of hydrogen-bond acceptors (Lipinski definition) is 1.